The minimum atomic E-state index is -0.400. The minimum absolute atomic E-state index is 0.0336. The molecule has 138 valence electrons. The van der Waals surface area contributed by atoms with Gasteiger partial charge in [-0.1, -0.05) is 20.8 Å². The monoisotopic (exact) mass is 482 g/mol. The number of phenolic OH excluding ortho intramolecular Hbond substituents is 1. The van der Waals surface area contributed by atoms with Crippen LogP contribution in [0.15, 0.2) is 18.2 Å². The molecule has 3 N–H and O–H groups in total. The van der Waals surface area contributed by atoms with E-state index in [0.29, 0.717) is 11.5 Å². The van der Waals surface area contributed by atoms with Crippen LogP contribution in [0.4, 0.5) is 5.00 Å². The molecular formula is C20H23IN2O2S. The fraction of sp³-hybridized carbons (Fsp3) is 0.450. The molecule has 2 heterocycles. The van der Waals surface area contributed by atoms with Gasteiger partial charge in [0.15, 0.2) is 0 Å². The number of nitrogens with one attached hydrogen (secondary N) is 2. The molecule has 1 aromatic carbocycles. The van der Waals surface area contributed by atoms with E-state index in [-0.39, 0.29) is 17.1 Å². The first-order valence-corrected chi connectivity index (χ1v) is 10.8. The SMILES string of the molecule is CC(C)(C)C1CCc2c(sc3c2C(=O)NC(c2cc(I)ccc2O)N3)C1. The number of anilines is 1. The Kier molecular flexibility index (Phi) is 4.46. The number of phenols is 1. The third kappa shape index (κ3) is 3.11. The molecule has 2 aliphatic rings. The van der Waals surface area contributed by atoms with Gasteiger partial charge in [0.05, 0.1) is 5.56 Å². The van der Waals surface area contributed by atoms with Gasteiger partial charge in [0.2, 0.25) is 0 Å². The summed E-state index contributed by atoms with van der Waals surface area (Å²) in [5.74, 6) is 0.809. The fourth-order valence-electron chi connectivity index (χ4n) is 3.95. The first-order chi connectivity index (χ1) is 12.2. The summed E-state index contributed by atoms with van der Waals surface area (Å²) < 4.78 is 1.02. The van der Waals surface area contributed by atoms with Crippen molar-refractivity contribution in [1.82, 2.24) is 5.32 Å². The lowest BCUT2D eigenvalue weighted by Gasteiger charge is -2.34. The van der Waals surface area contributed by atoms with Crippen LogP contribution in [0.3, 0.4) is 0 Å². The number of amides is 1. The molecule has 0 radical (unpaired) electrons. The first kappa shape index (κ1) is 18.1. The summed E-state index contributed by atoms with van der Waals surface area (Å²) in [7, 11) is 0. The van der Waals surface area contributed by atoms with Crippen LogP contribution in [-0.4, -0.2) is 11.0 Å². The number of carbonyl (C=O) groups is 1. The lowest BCUT2D eigenvalue weighted by atomic mass is 9.72. The average molecular weight is 482 g/mol. The van der Waals surface area contributed by atoms with Gasteiger partial charge in [0.1, 0.15) is 16.9 Å². The lowest BCUT2D eigenvalue weighted by molar-refractivity contribution is 0.0934. The van der Waals surface area contributed by atoms with E-state index in [4.69, 9.17) is 0 Å². The molecule has 0 spiro atoms. The lowest BCUT2D eigenvalue weighted by Crippen LogP contribution is -2.38. The number of thiophene rings is 1. The highest BCUT2D eigenvalue weighted by Gasteiger charge is 2.36. The maximum Gasteiger partial charge on any atom is 0.256 e. The van der Waals surface area contributed by atoms with E-state index in [9.17, 15) is 9.90 Å². The third-order valence-electron chi connectivity index (χ3n) is 5.57. The second-order valence-corrected chi connectivity index (χ2v) is 10.6. The van der Waals surface area contributed by atoms with Crippen LogP contribution in [0, 0.1) is 14.9 Å². The van der Waals surface area contributed by atoms with Crippen molar-refractivity contribution in [3.63, 3.8) is 0 Å². The molecule has 0 bridgehead atoms. The number of fused-ring (bicyclic) bond motifs is 3. The molecule has 1 amide bonds. The van der Waals surface area contributed by atoms with Gasteiger partial charge in [-0.15, -0.1) is 11.3 Å². The predicted molar refractivity (Wildman–Crippen MR) is 114 cm³/mol. The number of aromatic hydroxyl groups is 1. The summed E-state index contributed by atoms with van der Waals surface area (Å²) >= 11 is 3.93. The number of rotatable bonds is 1. The third-order valence-corrected chi connectivity index (χ3v) is 7.43. The Balaban J connectivity index is 1.68. The summed E-state index contributed by atoms with van der Waals surface area (Å²) in [6, 6.07) is 5.43. The van der Waals surface area contributed by atoms with Crippen LogP contribution in [0.1, 0.15) is 59.7 Å². The van der Waals surface area contributed by atoms with E-state index < -0.39 is 6.17 Å². The average Bonchev–Trinajstić information content (AvgIpc) is 2.94. The molecule has 0 fully saturated rings. The Hall–Kier alpha value is -1.28. The largest absolute Gasteiger partial charge is 0.508 e. The van der Waals surface area contributed by atoms with Crippen molar-refractivity contribution in [1.29, 1.82) is 0 Å². The number of benzene rings is 1. The Morgan fingerprint density at radius 2 is 2.04 bits per heavy atom. The van der Waals surface area contributed by atoms with Crippen LogP contribution in [0.25, 0.3) is 0 Å². The summed E-state index contributed by atoms with van der Waals surface area (Å²) in [6.45, 7) is 6.91. The molecule has 2 atom stereocenters. The van der Waals surface area contributed by atoms with Gasteiger partial charge in [-0.05, 0) is 76.9 Å². The summed E-state index contributed by atoms with van der Waals surface area (Å²) in [4.78, 5) is 14.2. The van der Waals surface area contributed by atoms with Gasteiger partial charge >= 0.3 is 0 Å². The van der Waals surface area contributed by atoms with Crippen LogP contribution < -0.4 is 10.6 Å². The maximum atomic E-state index is 12.8. The zero-order valence-corrected chi connectivity index (χ0v) is 18.1. The van der Waals surface area contributed by atoms with Crippen molar-refractivity contribution in [3.8, 4) is 5.75 Å². The molecule has 1 aliphatic heterocycles. The Morgan fingerprint density at radius 3 is 2.77 bits per heavy atom. The van der Waals surface area contributed by atoms with Crippen LogP contribution in [0.5, 0.6) is 5.75 Å². The Labute approximate surface area is 171 Å². The van der Waals surface area contributed by atoms with Gasteiger partial charge < -0.3 is 15.7 Å². The molecule has 1 aliphatic carbocycles. The second kappa shape index (κ2) is 6.41. The molecule has 4 rings (SSSR count). The smallest absolute Gasteiger partial charge is 0.256 e. The highest BCUT2D eigenvalue weighted by molar-refractivity contribution is 14.1. The molecule has 26 heavy (non-hydrogen) atoms. The number of carbonyl (C=O) groups excluding carboxylic acids is 1. The van der Waals surface area contributed by atoms with Gasteiger partial charge in [-0.2, -0.15) is 0 Å². The van der Waals surface area contributed by atoms with Gasteiger partial charge in [0, 0.05) is 14.0 Å². The summed E-state index contributed by atoms with van der Waals surface area (Å²) in [5, 5.41) is 17.6. The van der Waals surface area contributed by atoms with Crippen molar-refractivity contribution in [3.05, 3.63) is 43.3 Å². The normalized spacial score (nSPS) is 22.2. The van der Waals surface area contributed by atoms with Gasteiger partial charge in [-0.25, -0.2) is 0 Å². The van der Waals surface area contributed by atoms with Gasteiger partial charge in [0.25, 0.3) is 5.91 Å². The van der Waals surface area contributed by atoms with Crippen molar-refractivity contribution in [2.75, 3.05) is 5.32 Å². The van der Waals surface area contributed by atoms with E-state index in [0.717, 1.165) is 33.4 Å². The zero-order chi connectivity index (χ0) is 18.6. The molecule has 2 unspecified atom stereocenters. The quantitative estimate of drug-likeness (QED) is 0.498. The number of hydrogen-bond acceptors (Lipinski definition) is 4. The molecule has 2 aromatic rings. The predicted octanol–water partition coefficient (Wildman–Crippen LogP) is 5.06. The van der Waals surface area contributed by atoms with E-state index in [2.05, 4.69) is 54.0 Å². The number of hydrogen-bond donors (Lipinski definition) is 3. The Bertz CT molecular complexity index is 885. The standard InChI is InChI=1S/C20H23IN2O2S/c1-20(2,3)10-4-6-12-15(8-10)26-19-16(12)18(25)22-17(23-19)13-9-11(21)5-7-14(13)24/h5,7,9-10,17,23-24H,4,6,8H2,1-3H3,(H,22,25). The molecule has 6 heteroatoms. The van der Waals surface area contributed by atoms with Crippen LogP contribution in [-0.2, 0) is 12.8 Å². The fourth-order valence-corrected chi connectivity index (χ4v) is 5.82. The minimum Gasteiger partial charge on any atom is -0.508 e. The molecule has 1 aromatic heterocycles. The highest BCUT2D eigenvalue weighted by Crippen LogP contribution is 2.46. The molecular weight excluding hydrogens is 459 g/mol. The van der Waals surface area contributed by atoms with E-state index >= 15 is 0 Å². The maximum absolute atomic E-state index is 12.8. The van der Waals surface area contributed by atoms with Crippen molar-refractivity contribution in [2.24, 2.45) is 11.3 Å². The van der Waals surface area contributed by atoms with Crippen LogP contribution in [0.2, 0.25) is 0 Å². The van der Waals surface area contributed by atoms with Crippen LogP contribution >= 0.6 is 33.9 Å². The summed E-state index contributed by atoms with van der Waals surface area (Å²) in [6.07, 6.45) is 2.75. The summed E-state index contributed by atoms with van der Waals surface area (Å²) in [5.41, 5.74) is 3.03. The second-order valence-electron chi connectivity index (χ2n) is 8.27. The first-order valence-electron chi connectivity index (χ1n) is 8.94. The van der Waals surface area contributed by atoms with Gasteiger partial charge in [-0.3, -0.25) is 4.79 Å². The topological polar surface area (TPSA) is 61.4 Å². The highest BCUT2D eigenvalue weighted by atomic mass is 127. The molecule has 0 saturated heterocycles. The zero-order valence-electron chi connectivity index (χ0n) is 15.1. The molecule has 0 saturated carbocycles. The van der Waals surface area contributed by atoms with Crippen molar-refractivity contribution >= 4 is 44.8 Å². The van der Waals surface area contributed by atoms with Crippen molar-refractivity contribution in [2.45, 2.75) is 46.2 Å². The van der Waals surface area contributed by atoms with E-state index in [1.54, 1.807) is 17.4 Å². The Morgan fingerprint density at radius 1 is 1.27 bits per heavy atom. The number of halogens is 1. The van der Waals surface area contributed by atoms with E-state index in [1.165, 1.54) is 10.4 Å². The van der Waals surface area contributed by atoms with Crippen molar-refractivity contribution < 1.29 is 9.90 Å². The molecule has 4 nitrogen and oxygen atoms in total. The van der Waals surface area contributed by atoms with E-state index in [1.807, 2.05) is 12.1 Å².